The quantitative estimate of drug-likeness (QED) is 0.685. The average Bonchev–Trinajstić information content (AvgIpc) is 2.45. The molecule has 5 nitrogen and oxygen atoms in total. The molecule has 106 valence electrons. The maximum absolute atomic E-state index is 12.1. The lowest BCUT2D eigenvalue weighted by molar-refractivity contribution is 0.0955. The maximum atomic E-state index is 12.1. The molecule has 2 rings (SSSR count). The third-order valence-corrected chi connectivity index (χ3v) is 2.90. The highest BCUT2D eigenvalue weighted by atomic mass is 16.3. The first-order valence-electron chi connectivity index (χ1n) is 6.69. The van der Waals surface area contributed by atoms with Crippen LogP contribution in [0.1, 0.15) is 17.3 Å². The highest BCUT2D eigenvalue weighted by molar-refractivity contribution is 6.05. The van der Waals surface area contributed by atoms with Crippen LogP contribution in [-0.4, -0.2) is 41.7 Å². The summed E-state index contributed by atoms with van der Waals surface area (Å²) in [6, 6.07) is 9.34. The second-order valence-electron chi connectivity index (χ2n) is 4.69. The molecule has 5 heteroatoms. The van der Waals surface area contributed by atoms with E-state index in [1.54, 1.807) is 19.2 Å². The lowest BCUT2D eigenvalue weighted by atomic mass is 10.1. The van der Waals surface area contributed by atoms with Crippen LogP contribution < -0.4 is 10.6 Å². The maximum Gasteiger partial charge on any atom is 0.253 e. The van der Waals surface area contributed by atoms with Gasteiger partial charge in [-0.25, -0.2) is 0 Å². The third-order valence-electron chi connectivity index (χ3n) is 2.90. The summed E-state index contributed by atoms with van der Waals surface area (Å²) in [4.78, 5) is 16.4. The second kappa shape index (κ2) is 6.98. The van der Waals surface area contributed by atoms with Gasteiger partial charge >= 0.3 is 0 Å². The van der Waals surface area contributed by atoms with Gasteiger partial charge in [-0.1, -0.05) is 18.2 Å². The zero-order valence-electron chi connectivity index (χ0n) is 11.5. The summed E-state index contributed by atoms with van der Waals surface area (Å²) in [5.74, 6) is -0.131. The number of aliphatic hydroxyl groups excluding tert-OH is 1. The van der Waals surface area contributed by atoms with Crippen molar-refractivity contribution in [3.8, 4) is 0 Å². The molecule has 0 aliphatic rings. The number of carbonyl (C=O) groups excluding carboxylic acids is 1. The number of aromatic nitrogens is 1. The number of fused-ring (bicyclic) bond motifs is 1. The molecule has 1 unspecified atom stereocenters. The zero-order chi connectivity index (χ0) is 14.4. The van der Waals surface area contributed by atoms with E-state index >= 15 is 0 Å². The molecule has 0 radical (unpaired) electrons. The summed E-state index contributed by atoms with van der Waals surface area (Å²) in [6.45, 7) is 3.36. The predicted molar refractivity (Wildman–Crippen MR) is 78.6 cm³/mol. The first kappa shape index (κ1) is 14.4. The molecule has 2 aromatic rings. The fraction of sp³-hybridized carbons (Fsp3) is 0.333. The number of nitrogens with zero attached hydrogens (tertiary/aromatic N) is 1. The van der Waals surface area contributed by atoms with Gasteiger partial charge in [0.2, 0.25) is 0 Å². The number of carbonyl (C=O) groups is 1. The Morgan fingerprint density at radius 1 is 1.30 bits per heavy atom. The largest absolute Gasteiger partial charge is 0.392 e. The minimum atomic E-state index is -0.382. The van der Waals surface area contributed by atoms with Gasteiger partial charge in [0.25, 0.3) is 5.91 Å². The normalized spacial score (nSPS) is 12.3. The standard InChI is InChI=1S/C15H19N3O2/c1-11(19)10-16-8-9-18-15(20)13-6-2-4-12-5-3-7-17-14(12)13/h2-7,11,16,19H,8-10H2,1H3,(H,18,20). The topological polar surface area (TPSA) is 74.2 Å². The van der Waals surface area contributed by atoms with Crippen molar-refractivity contribution < 1.29 is 9.90 Å². The van der Waals surface area contributed by atoms with Gasteiger partial charge in [-0.3, -0.25) is 9.78 Å². The van der Waals surface area contributed by atoms with E-state index in [2.05, 4.69) is 15.6 Å². The van der Waals surface area contributed by atoms with Crippen LogP contribution in [0.3, 0.4) is 0 Å². The number of pyridine rings is 1. The van der Waals surface area contributed by atoms with Crippen LogP contribution in [0.5, 0.6) is 0 Å². The molecular formula is C15H19N3O2. The minimum absolute atomic E-state index is 0.131. The number of amides is 1. The van der Waals surface area contributed by atoms with E-state index < -0.39 is 0 Å². The predicted octanol–water partition coefficient (Wildman–Crippen LogP) is 0.935. The van der Waals surface area contributed by atoms with Crippen LogP contribution in [0.15, 0.2) is 36.5 Å². The minimum Gasteiger partial charge on any atom is -0.392 e. The summed E-state index contributed by atoms with van der Waals surface area (Å²) < 4.78 is 0. The van der Waals surface area contributed by atoms with E-state index in [4.69, 9.17) is 5.11 Å². The Labute approximate surface area is 118 Å². The van der Waals surface area contributed by atoms with Gasteiger partial charge in [-0.15, -0.1) is 0 Å². The fourth-order valence-electron chi connectivity index (χ4n) is 1.96. The summed E-state index contributed by atoms with van der Waals surface area (Å²) >= 11 is 0. The molecule has 1 heterocycles. The Bertz CT molecular complexity index is 579. The molecule has 0 aliphatic carbocycles. The van der Waals surface area contributed by atoms with E-state index in [1.807, 2.05) is 24.3 Å². The van der Waals surface area contributed by atoms with Crippen LogP contribution in [0.2, 0.25) is 0 Å². The Balaban J connectivity index is 1.94. The van der Waals surface area contributed by atoms with Gasteiger partial charge in [-0.2, -0.15) is 0 Å². The number of aliphatic hydroxyl groups is 1. The van der Waals surface area contributed by atoms with Crippen molar-refractivity contribution in [2.45, 2.75) is 13.0 Å². The molecule has 3 N–H and O–H groups in total. The molecule has 0 spiro atoms. The molecule has 0 saturated heterocycles. The summed E-state index contributed by atoms with van der Waals surface area (Å²) in [5, 5.41) is 15.9. The zero-order valence-corrected chi connectivity index (χ0v) is 11.5. The molecule has 0 aliphatic heterocycles. The van der Waals surface area contributed by atoms with E-state index in [0.29, 0.717) is 30.7 Å². The molecule has 0 saturated carbocycles. The highest BCUT2D eigenvalue weighted by Crippen LogP contribution is 2.15. The number of rotatable bonds is 6. The molecule has 0 fully saturated rings. The molecule has 1 atom stereocenters. The number of benzene rings is 1. The van der Waals surface area contributed by atoms with Crippen molar-refractivity contribution in [1.82, 2.24) is 15.6 Å². The van der Waals surface area contributed by atoms with Crippen LogP contribution in [0.25, 0.3) is 10.9 Å². The van der Waals surface area contributed by atoms with Gasteiger partial charge in [0, 0.05) is 31.2 Å². The molecule has 20 heavy (non-hydrogen) atoms. The van der Waals surface area contributed by atoms with Gasteiger partial charge in [0.1, 0.15) is 0 Å². The van der Waals surface area contributed by atoms with Gasteiger partial charge in [0.05, 0.1) is 17.2 Å². The number of hydrogen-bond donors (Lipinski definition) is 3. The number of para-hydroxylation sites is 1. The number of hydrogen-bond acceptors (Lipinski definition) is 4. The second-order valence-corrected chi connectivity index (χ2v) is 4.69. The number of nitrogens with one attached hydrogen (secondary N) is 2. The summed E-state index contributed by atoms with van der Waals surface area (Å²) in [5.41, 5.74) is 1.29. The van der Waals surface area contributed by atoms with Crippen LogP contribution in [0, 0.1) is 0 Å². The van der Waals surface area contributed by atoms with Gasteiger partial charge in [0.15, 0.2) is 0 Å². The molecular weight excluding hydrogens is 254 g/mol. The summed E-state index contributed by atoms with van der Waals surface area (Å²) in [7, 11) is 0. The molecule has 1 amide bonds. The Kier molecular flexibility index (Phi) is 5.03. The van der Waals surface area contributed by atoms with E-state index in [-0.39, 0.29) is 12.0 Å². The third kappa shape index (κ3) is 3.76. The lowest BCUT2D eigenvalue weighted by Crippen LogP contribution is -2.34. The van der Waals surface area contributed by atoms with E-state index in [1.165, 1.54) is 0 Å². The fourth-order valence-corrected chi connectivity index (χ4v) is 1.96. The monoisotopic (exact) mass is 273 g/mol. The molecule has 1 aromatic heterocycles. The summed E-state index contributed by atoms with van der Waals surface area (Å²) in [6.07, 6.45) is 1.30. The smallest absolute Gasteiger partial charge is 0.253 e. The van der Waals surface area contributed by atoms with Crippen LogP contribution in [0.4, 0.5) is 0 Å². The molecule has 0 bridgehead atoms. The van der Waals surface area contributed by atoms with Crippen LogP contribution >= 0.6 is 0 Å². The van der Waals surface area contributed by atoms with Crippen molar-refractivity contribution in [3.63, 3.8) is 0 Å². The van der Waals surface area contributed by atoms with E-state index in [9.17, 15) is 4.79 Å². The van der Waals surface area contributed by atoms with E-state index in [0.717, 1.165) is 5.39 Å². The van der Waals surface area contributed by atoms with Crippen molar-refractivity contribution in [2.75, 3.05) is 19.6 Å². The van der Waals surface area contributed by atoms with Crippen molar-refractivity contribution in [3.05, 3.63) is 42.1 Å². The highest BCUT2D eigenvalue weighted by Gasteiger charge is 2.09. The Morgan fingerprint density at radius 3 is 2.90 bits per heavy atom. The van der Waals surface area contributed by atoms with Gasteiger partial charge < -0.3 is 15.7 Å². The van der Waals surface area contributed by atoms with Crippen molar-refractivity contribution in [1.29, 1.82) is 0 Å². The SMILES string of the molecule is CC(O)CNCCNC(=O)c1cccc2cccnc12. The van der Waals surface area contributed by atoms with Gasteiger partial charge in [-0.05, 0) is 19.1 Å². The van der Waals surface area contributed by atoms with Crippen LogP contribution in [-0.2, 0) is 0 Å². The lowest BCUT2D eigenvalue weighted by Gasteiger charge is -2.09. The Morgan fingerprint density at radius 2 is 2.10 bits per heavy atom. The molecule has 1 aromatic carbocycles. The first-order valence-corrected chi connectivity index (χ1v) is 6.69. The van der Waals surface area contributed by atoms with Crippen molar-refractivity contribution >= 4 is 16.8 Å². The first-order chi connectivity index (χ1) is 9.68. The average molecular weight is 273 g/mol. The van der Waals surface area contributed by atoms with Crippen molar-refractivity contribution in [2.24, 2.45) is 0 Å². The Hall–Kier alpha value is -1.98.